The number of rotatable bonds is 3. The topological polar surface area (TPSA) is 32.8 Å². The Hall–Kier alpha value is -1.16. The van der Waals surface area contributed by atoms with E-state index in [0.29, 0.717) is 13.1 Å². The molecule has 0 saturated carbocycles. The number of hydrogen-bond acceptors (Lipinski definition) is 4. The Labute approximate surface area is 182 Å². The highest BCUT2D eigenvalue weighted by Crippen LogP contribution is 2.36. The lowest BCUT2D eigenvalue weighted by atomic mass is 10.0. The Kier molecular flexibility index (Phi) is 5.96. The maximum atomic E-state index is 14.1. The zero-order chi connectivity index (χ0) is 19.8. The first-order valence-corrected chi connectivity index (χ1v) is 11.1. The van der Waals surface area contributed by atoms with Gasteiger partial charge in [-0.1, -0.05) is 15.9 Å². The van der Waals surface area contributed by atoms with Gasteiger partial charge in [-0.05, 0) is 71.1 Å². The zero-order valence-corrected chi connectivity index (χ0v) is 18.6. The van der Waals surface area contributed by atoms with Gasteiger partial charge in [0.15, 0.2) is 0 Å². The number of anilines is 1. The van der Waals surface area contributed by atoms with Crippen molar-refractivity contribution in [1.82, 2.24) is 4.31 Å². The van der Waals surface area contributed by atoms with Gasteiger partial charge in [0, 0.05) is 29.2 Å². The summed E-state index contributed by atoms with van der Waals surface area (Å²) in [7, 11) is 0. The van der Waals surface area contributed by atoms with Crippen molar-refractivity contribution in [3.63, 3.8) is 0 Å². The number of piperidine rings is 1. The number of halogens is 4. The van der Waals surface area contributed by atoms with Gasteiger partial charge in [-0.3, -0.25) is 4.90 Å². The van der Waals surface area contributed by atoms with Crippen LogP contribution in [0.3, 0.4) is 0 Å². The molecule has 9 heteroatoms. The number of amides is 1. The molecule has 4 rings (SSSR count). The van der Waals surface area contributed by atoms with E-state index in [2.05, 4.69) is 31.9 Å². The molecule has 2 aromatic rings. The van der Waals surface area contributed by atoms with Crippen LogP contribution >= 0.6 is 43.8 Å². The molecule has 0 aromatic heterocycles. The molecule has 0 atom stereocenters. The monoisotopic (exact) mass is 532 g/mol. The molecule has 1 saturated heterocycles. The molecular weight excluding hydrogens is 518 g/mol. The molecule has 2 aromatic carbocycles. The summed E-state index contributed by atoms with van der Waals surface area (Å²) in [5.41, 5.74) is 1.85. The molecule has 0 aliphatic carbocycles. The van der Waals surface area contributed by atoms with E-state index in [-0.39, 0.29) is 28.1 Å². The number of carbonyl (C=O) groups is 1. The first-order chi connectivity index (χ1) is 13.4. The molecule has 0 unspecified atom stereocenters. The van der Waals surface area contributed by atoms with Crippen LogP contribution in [-0.2, 0) is 11.3 Å². The molecule has 1 amide bonds. The molecule has 28 heavy (non-hydrogen) atoms. The highest BCUT2D eigenvalue weighted by atomic mass is 79.9. The van der Waals surface area contributed by atoms with Crippen molar-refractivity contribution in [2.75, 3.05) is 18.0 Å². The number of hydrogen-bond donors (Lipinski definition) is 0. The minimum absolute atomic E-state index is 0.0103. The minimum Gasteiger partial charge on any atom is -0.444 e. The summed E-state index contributed by atoms with van der Waals surface area (Å²) >= 11 is 7.65. The fourth-order valence-corrected chi connectivity index (χ4v) is 5.16. The zero-order valence-electron chi connectivity index (χ0n) is 14.6. The largest absolute Gasteiger partial charge is 0.444 e. The van der Waals surface area contributed by atoms with Gasteiger partial charge in [0.05, 0.1) is 15.1 Å². The molecule has 0 bridgehead atoms. The molecule has 4 nitrogen and oxygen atoms in total. The van der Waals surface area contributed by atoms with E-state index in [9.17, 15) is 13.6 Å². The number of nitrogens with zero attached hydrogens (tertiary/aromatic N) is 2. The number of benzene rings is 2. The lowest BCUT2D eigenvalue weighted by molar-refractivity contribution is 0.136. The summed E-state index contributed by atoms with van der Waals surface area (Å²) < 4.78 is 36.2. The summed E-state index contributed by atoms with van der Waals surface area (Å²) in [6.45, 7) is 1.58. The normalized spacial score (nSPS) is 18.1. The molecule has 2 aliphatic rings. The number of fused-ring (bicyclic) bond motifs is 1. The van der Waals surface area contributed by atoms with Crippen molar-refractivity contribution >= 4 is 55.6 Å². The molecule has 148 valence electrons. The Morgan fingerprint density at radius 2 is 1.82 bits per heavy atom. The van der Waals surface area contributed by atoms with E-state index in [4.69, 9.17) is 4.74 Å². The van der Waals surface area contributed by atoms with Crippen molar-refractivity contribution in [2.45, 2.75) is 30.4 Å². The third-order valence-corrected chi connectivity index (χ3v) is 7.07. The van der Waals surface area contributed by atoms with Crippen LogP contribution in [0.15, 0.2) is 44.2 Å². The van der Waals surface area contributed by atoms with Crippen molar-refractivity contribution in [3.8, 4) is 0 Å². The molecule has 1 fully saturated rings. The van der Waals surface area contributed by atoms with Crippen LogP contribution in [0.25, 0.3) is 0 Å². The van der Waals surface area contributed by atoms with Crippen LogP contribution in [0.1, 0.15) is 18.4 Å². The SMILES string of the molecule is O=C1OCc2cc(Br)ccc2N1C1CCN(Sc2cc(F)c(Br)cc2F)CC1. The molecule has 2 aliphatic heterocycles. The van der Waals surface area contributed by atoms with Crippen LogP contribution in [-0.4, -0.2) is 29.5 Å². The maximum Gasteiger partial charge on any atom is 0.414 e. The van der Waals surface area contributed by atoms with Gasteiger partial charge in [0.2, 0.25) is 0 Å². The Balaban J connectivity index is 1.45. The van der Waals surface area contributed by atoms with Crippen LogP contribution in [0, 0.1) is 11.6 Å². The summed E-state index contributed by atoms with van der Waals surface area (Å²) in [5.74, 6) is -0.947. The summed E-state index contributed by atoms with van der Waals surface area (Å²) in [6, 6.07) is 8.16. The number of carbonyl (C=O) groups excluding carboxylic acids is 1. The van der Waals surface area contributed by atoms with E-state index in [1.165, 1.54) is 18.0 Å². The molecule has 0 radical (unpaired) electrons. The highest BCUT2D eigenvalue weighted by Gasteiger charge is 2.34. The van der Waals surface area contributed by atoms with E-state index < -0.39 is 11.6 Å². The molecular formula is C19H16Br2F2N2O2S. The van der Waals surface area contributed by atoms with Gasteiger partial charge in [-0.25, -0.2) is 17.9 Å². The summed E-state index contributed by atoms with van der Waals surface area (Å²) in [5, 5.41) is 0. The van der Waals surface area contributed by atoms with Crippen LogP contribution < -0.4 is 4.90 Å². The first kappa shape index (κ1) is 20.1. The van der Waals surface area contributed by atoms with E-state index in [1.807, 2.05) is 22.5 Å². The van der Waals surface area contributed by atoms with E-state index in [0.717, 1.165) is 34.6 Å². The Bertz CT molecular complexity index is 923. The van der Waals surface area contributed by atoms with Gasteiger partial charge in [-0.15, -0.1) is 0 Å². The highest BCUT2D eigenvalue weighted by molar-refractivity contribution is 9.10. The molecule has 0 N–H and O–H groups in total. The molecule has 2 heterocycles. The van der Waals surface area contributed by atoms with Crippen molar-refractivity contribution < 1.29 is 18.3 Å². The van der Waals surface area contributed by atoms with Crippen molar-refractivity contribution in [3.05, 3.63) is 56.5 Å². The van der Waals surface area contributed by atoms with Gasteiger partial charge in [0.1, 0.15) is 18.2 Å². The van der Waals surface area contributed by atoms with Gasteiger partial charge in [-0.2, -0.15) is 0 Å². The van der Waals surface area contributed by atoms with E-state index in [1.54, 1.807) is 4.90 Å². The second-order valence-corrected chi connectivity index (χ2v) is 9.55. The van der Waals surface area contributed by atoms with E-state index >= 15 is 0 Å². The van der Waals surface area contributed by atoms with Gasteiger partial charge < -0.3 is 4.74 Å². The average molecular weight is 534 g/mol. The Morgan fingerprint density at radius 3 is 2.57 bits per heavy atom. The smallest absolute Gasteiger partial charge is 0.414 e. The second kappa shape index (κ2) is 8.30. The lowest BCUT2D eigenvalue weighted by Gasteiger charge is -2.39. The summed E-state index contributed by atoms with van der Waals surface area (Å²) in [6.07, 6.45) is 1.11. The Morgan fingerprint density at radius 1 is 1.07 bits per heavy atom. The number of ether oxygens (including phenoxy) is 1. The fourth-order valence-electron chi connectivity index (χ4n) is 3.46. The molecule has 0 spiro atoms. The van der Waals surface area contributed by atoms with Crippen molar-refractivity contribution in [1.29, 1.82) is 0 Å². The second-order valence-electron chi connectivity index (χ2n) is 6.65. The fraction of sp³-hybridized carbons (Fsp3) is 0.316. The first-order valence-electron chi connectivity index (χ1n) is 8.74. The average Bonchev–Trinajstić information content (AvgIpc) is 2.67. The van der Waals surface area contributed by atoms with Crippen LogP contribution in [0.4, 0.5) is 19.3 Å². The standard InChI is InChI=1S/C19H16Br2F2N2O2S/c20-12-1-2-17-11(7-12)10-27-19(26)25(17)13-3-5-24(6-4-13)28-18-9-15(22)14(21)8-16(18)23/h1-2,7-9,13H,3-6,10H2. The van der Waals surface area contributed by atoms with Crippen LogP contribution in [0.2, 0.25) is 0 Å². The third kappa shape index (κ3) is 4.08. The number of cyclic esters (lactones) is 1. The van der Waals surface area contributed by atoms with Crippen LogP contribution in [0.5, 0.6) is 0 Å². The quantitative estimate of drug-likeness (QED) is 0.351. The maximum absolute atomic E-state index is 14.1. The minimum atomic E-state index is -0.488. The summed E-state index contributed by atoms with van der Waals surface area (Å²) in [4.78, 5) is 14.4. The predicted molar refractivity (Wildman–Crippen MR) is 111 cm³/mol. The van der Waals surface area contributed by atoms with Gasteiger partial charge >= 0.3 is 6.09 Å². The van der Waals surface area contributed by atoms with Crippen molar-refractivity contribution in [2.24, 2.45) is 0 Å². The third-order valence-electron chi connectivity index (χ3n) is 4.84. The van der Waals surface area contributed by atoms with Gasteiger partial charge in [0.25, 0.3) is 0 Å². The predicted octanol–water partition coefficient (Wildman–Crippen LogP) is 6.12. The lowest BCUT2D eigenvalue weighted by Crippen LogP contribution is -2.48.